The molecule has 0 saturated heterocycles. The summed E-state index contributed by atoms with van der Waals surface area (Å²) < 4.78 is 39.4. The van der Waals surface area contributed by atoms with Crippen molar-refractivity contribution in [2.45, 2.75) is 13.1 Å². The van der Waals surface area contributed by atoms with E-state index in [1.54, 1.807) is 6.20 Å². The molecule has 0 aliphatic heterocycles. The number of nitrogens with one attached hydrogen (secondary N) is 1. The van der Waals surface area contributed by atoms with Gasteiger partial charge in [0.15, 0.2) is 11.5 Å². The summed E-state index contributed by atoms with van der Waals surface area (Å²) in [6, 6.07) is 8.13. The SMILES string of the molecule is Cc1ccc2[nH]ncc2c1-c1nc(-c2cccc(C(F)(F)F)c2)nc(C(N)=O)c1N. The molecule has 2 aromatic heterocycles. The molecule has 4 aromatic rings. The number of hydrogen-bond acceptors (Lipinski definition) is 5. The van der Waals surface area contributed by atoms with Crippen molar-refractivity contribution in [3.05, 3.63) is 59.4 Å². The second kappa shape index (κ2) is 6.83. The number of fused-ring (bicyclic) bond motifs is 1. The first-order valence-corrected chi connectivity index (χ1v) is 8.75. The van der Waals surface area contributed by atoms with Gasteiger partial charge < -0.3 is 11.5 Å². The molecule has 0 saturated carbocycles. The van der Waals surface area contributed by atoms with Gasteiger partial charge in [0.2, 0.25) is 0 Å². The highest BCUT2D eigenvalue weighted by Gasteiger charge is 2.31. The first-order chi connectivity index (χ1) is 14.2. The predicted molar refractivity (Wildman–Crippen MR) is 105 cm³/mol. The molecule has 0 atom stereocenters. The normalized spacial score (nSPS) is 11.7. The Morgan fingerprint density at radius 1 is 1.13 bits per heavy atom. The van der Waals surface area contributed by atoms with Gasteiger partial charge in [-0.25, -0.2) is 9.97 Å². The molecule has 30 heavy (non-hydrogen) atoms. The van der Waals surface area contributed by atoms with Crippen LogP contribution in [0.4, 0.5) is 18.9 Å². The zero-order valence-electron chi connectivity index (χ0n) is 15.6. The first-order valence-electron chi connectivity index (χ1n) is 8.75. The molecule has 0 bridgehead atoms. The van der Waals surface area contributed by atoms with Gasteiger partial charge in [-0.15, -0.1) is 0 Å². The molecule has 0 spiro atoms. The lowest BCUT2D eigenvalue weighted by molar-refractivity contribution is -0.137. The number of nitrogens with zero attached hydrogens (tertiary/aromatic N) is 3. The Hall–Kier alpha value is -3.95. The van der Waals surface area contributed by atoms with E-state index in [1.165, 1.54) is 12.1 Å². The van der Waals surface area contributed by atoms with E-state index < -0.39 is 17.6 Å². The van der Waals surface area contributed by atoms with E-state index in [9.17, 15) is 18.0 Å². The van der Waals surface area contributed by atoms with Crippen molar-refractivity contribution >= 4 is 22.5 Å². The summed E-state index contributed by atoms with van der Waals surface area (Å²) in [5.74, 6) is -1.01. The lowest BCUT2D eigenvalue weighted by atomic mass is 9.99. The van der Waals surface area contributed by atoms with Crippen molar-refractivity contribution in [2.75, 3.05) is 5.73 Å². The van der Waals surface area contributed by atoms with E-state index in [4.69, 9.17) is 11.5 Å². The van der Waals surface area contributed by atoms with E-state index in [1.807, 2.05) is 19.1 Å². The summed E-state index contributed by atoms with van der Waals surface area (Å²) in [6.45, 7) is 1.82. The fourth-order valence-electron chi connectivity index (χ4n) is 3.25. The van der Waals surface area contributed by atoms with Crippen LogP contribution in [0, 0.1) is 6.92 Å². The number of amides is 1. The van der Waals surface area contributed by atoms with E-state index >= 15 is 0 Å². The molecule has 0 unspecified atom stereocenters. The van der Waals surface area contributed by atoms with Crippen LogP contribution < -0.4 is 11.5 Å². The second-order valence-corrected chi connectivity index (χ2v) is 6.69. The second-order valence-electron chi connectivity index (χ2n) is 6.69. The van der Waals surface area contributed by atoms with Gasteiger partial charge in [0.25, 0.3) is 5.91 Å². The van der Waals surface area contributed by atoms with Gasteiger partial charge in [-0.1, -0.05) is 18.2 Å². The van der Waals surface area contributed by atoms with Crippen LogP contribution in [0.15, 0.2) is 42.6 Å². The lowest BCUT2D eigenvalue weighted by Gasteiger charge is -2.14. The molecule has 0 aliphatic carbocycles. The molecule has 152 valence electrons. The summed E-state index contributed by atoms with van der Waals surface area (Å²) in [5.41, 5.74) is 12.7. The molecule has 2 heterocycles. The Morgan fingerprint density at radius 2 is 1.90 bits per heavy atom. The fraction of sp³-hybridized carbons (Fsp3) is 0.100. The van der Waals surface area contributed by atoms with Crippen molar-refractivity contribution in [3.8, 4) is 22.6 Å². The van der Waals surface area contributed by atoms with Gasteiger partial charge in [-0.2, -0.15) is 18.3 Å². The summed E-state index contributed by atoms with van der Waals surface area (Å²) in [7, 11) is 0. The van der Waals surface area contributed by atoms with E-state index in [0.29, 0.717) is 16.5 Å². The quantitative estimate of drug-likeness (QED) is 0.473. The standard InChI is InChI=1S/C20H15F3N6O/c1-9-5-6-13-12(8-26-29-13)14(9)16-15(24)17(18(25)30)28-19(27-16)10-3-2-4-11(7-10)20(21,22)23/h2-8H,24H2,1H3,(H2,25,30)(H,26,29). The van der Waals surface area contributed by atoms with Crippen molar-refractivity contribution in [1.29, 1.82) is 0 Å². The molecular formula is C20H15F3N6O. The van der Waals surface area contributed by atoms with Crippen LogP contribution in [0.25, 0.3) is 33.5 Å². The average Bonchev–Trinajstić information content (AvgIpc) is 3.16. The Bertz CT molecular complexity index is 1300. The number of anilines is 1. The molecule has 0 radical (unpaired) electrons. The van der Waals surface area contributed by atoms with E-state index in [2.05, 4.69) is 20.2 Å². The molecule has 5 N–H and O–H groups in total. The molecule has 10 heteroatoms. The number of hydrogen-bond donors (Lipinski definition) is 3. The maximum absolute atomic E-state index is 13.1. The number of halogens is 3. The van der Waals surface area contributed by atoms with Crippen LogP contribution in [-0.4, -0.2) is 26.1 Å². The van der Waals surface area contributed by atoms with Crippen molar-refractivity contribution in [2.24, 2.45) is 5.73 Å². The third kappa shape index (κ3) is 3.21. The number of aromatic nitrogens is 4. The van der Waals surface area contributed by atoms with Crippen molar-refractivity contribution < 1.29 is 18.0 Å². The fourth-order valence-corrected chi connectivity index (χ4v) is 3.25. The topological polar surface area (TPSA) is 124 Å². The number of aromatic amines is 1. The zero-order chi connectivity index (χ0) is 21.6. The van der Waals surface area contributed by atoms with Gasteiger partial charge in [0.05, 0.1) is 28.7 Å². The molecule has 1 amide bonds. The number of carbonyl (C=O) groups excluding carboxylic acids is 1. The molecule has 0 aliphatic rings. The van der Waals surface area contributed by atoms with Crippen molar-refractivity contribution in [1.82, 2.24) is 20.2 Å². The minimum atomic E-state index is -4.54. The van der Waals surface area contributed by atoms with Gasteiger partial charge in [-0.05, 0) is 30.7 Å². The predicted octanol–water partition coefficient (Wildman–Crippen LogP) is 3.70. The number of rotatable bonds is 3. The van der Waals surface area contributed by atoms with Crippen LogP contribution in [0.1, 0.15) is 21.6 Å². The molecule has 2 aromatic carbocycles. The highest BCUT2D eigenvalue weighted by atomic mass is 19.4. The maximum atomic E-state index is 13.1. The number of carbonyl (C=O) groups is 1. The highest BCUT2D eigenvalue weighted by Crippen LogP contribution is 2.36. The van der Waals surface area contributed by atoms with Crippen LogP contribution >= 0.6 is 0 Å². The zero-order valence-corrected chi connectivity index (χ0v) is 15.6. The number of aryl methyl sites for hydroxylation is 1. The van der Waals surface area contributed by atoms with Gasteiger partial charge in [-0.3, -0.25) is 9.89 Å². The monoisotopic (exact) mass is 412 g/mol. The minimum Gasteiger partial charge on any atom is -0.395 e. The summed E-state index contributed by atoms with van der Waals surface area (Å²) in [5, 5.41) is 7.53. The van der Waals surface area contributed by atoms with Gasteiger partial charge >= 0.3 is 6.18 Å². The Balaban J connectivity index is 2.02. The van der Waals surface area contributed by atoms with Gasteiger partial charge in [0.1, 0.15) is 0 Å². The summed E-state index contributed by atoms with van der Waals surface area (Å²) >= 11 is 0. The van der Waals surface area contributed by atoms with Gasteiger partial charge in [0, 0.05) is 16.5 Å². The van der Waals surface area contributed by atoms with Crippen LogP contribution in [-0.2, 0) is 6.18 Å². The number of H-pyrrole nitrogens is 1. The van der Waals surface area contributed by atoms with Crippen LogP contribution in [0.2, 0.25) is 0 Å². The number of benzene rings is 2. The Kier molecular flexibility index (Phi) is 4.41. The number of alkyl halides is 3. The number of nitrogens with two attached hydrogens (primary N) is 2. The third-order valence-electron chi connectivity index (χ3n) is 4.70. The van der Waals surface area contributed by atoms with E-state index in [0.717, 1.165) is 17.7 Å². The molecule has 4 rings (SSSR count). The number of nitrogen functional groups attached to an aromatic ring is 1. The summed E-state index contributed by atoms with van der Waals surface area (Å²) in [4.78, 5) is 20.4. The average molecular weight is 412 g/mol. The lowest BCUT2D eigenvalue weighted by Crippen LogP contribution is -2.18. The summed E-state index contributed by atoms with van der Waals surface area (Å²) in [6.07, 6.45) is -2.97. The molecule has 0 fully saturated rings. The van der Waals surface area contributed by atoms with Crippen molar-refractivity contribution in [3.63, 3.8) is 0 Å². The third-order valence-corrected chi connectivity index (χ3v) is 4.70. The first kappa shape index (κ1) is 19.4. The molecule has 7 nitrogen and oxygen atoms in total. The minimum absolute atomic E-state index is 0.0602. The maximum Gasteiger partial charge on any atom is 0.416 e. The largest absolute Gasteiger partial charge is 0.416 e. The highest BCUT2D eigenvalue weighted by molar-refractivity contribution is 6.04. The smallest absolute Gasteiger partial charge is 0.395 e. The van der Waals surface area contributed by atoms with Crippen LogP contribution in [0.5, 0.6) is 0 Å². The van der Waals surface area contributed by atoms with Crippen LogP contribution in [0.3, 0.4) is 0 Å². The Morgan fingerprint density at radius 3 is 2.60 bits per heavy atom. The molecular weight excluding hydrogens is 397 g/mol. The number of primary amides is 1. The van der Waals surface area contributed by atoms with E-state index in [-0.39, 0.29) is 28.5 Å². The Labute approximate surface area is 167 Å².